The number of H-pyrrole nitrogens is 1. The molecular formula is C23H23N5O2. The van der Waals surface area contributed by atoms with Crippen molar-refractivity contribution in [2.24, 2.45) is 0 Å². The molecule has 0 spiro atoms. The zero-order valence-corrected chi connectivity index (χ0v) is 17.1. The number of carbonyl (C=O) groups is 1. The maximum atomic E-state index is 12.9. The number of hydrogen-bond donors (Lipinski definition) is 2. The molecular weight excluding hydrogens is 378 g/mol. The average molecular weight is 401 g/mol. The predicted octanol–water partition coefficient (Wildman–Crippen LogP) is 3.82. The largest absolute Gasteiger partial charge is 0.497 e. The van der Waals surface area contributed by atoms with Crippen molar-refractivity contribution in [2.45, 2.75) is 20.4 Å². The lowest BCUT2D eigenvalue weighted by Crippen LogP contribution is -2.23. The molecule has 7 heteroatoms. The summed E-state index contributed by atoms with van der Waals surface area (Å²) in [5.41, 5.74) is 5.91. The van der Waals surface area contributed by atoms with E-state index in [0.29, 0.717) is 17.8 Å². The summed E-state index contributed by atoms with van der Waals surface area (Å²) in [5.74, 6) is 0.562. The molecule has 30 heavy (non-hydrogen) atoms. The van der Waals surface area contributed by atoms with Crippen LogP contribution < -0.4 is 10.1 Å². The minimum absolute atomic E-state index is 0.194. The smallest absolute Gasteiger partial charge is 0.255 e. The van der Waals surface area contributed by atoms with Crippen molar-refractivity contribution in [3.8, 4) is 22.7 Å². The van der Waals surface area contributed by atoms with Gasteiger partial charge in [0.1, 0.15) is 5.75 Å². The summed E-state index contributed by atoms with van der Waals surface area (Å²) in [6.45, 7) is 4.35. The lowest BCUT2D eigenvalue weighted by molar-refractivity contribution is 0.0951. The molecule has 0 saturated carbocycles. The number of aryl methyl sites for hydroxylation is 1. The van der Waals surface area contributed by atoms with Gasteiger partial charge in [0.15, 0.2) is 0 Å². The molecule has 0 unspecified atom stereocenters. The van der Waals surface area contributed by atoms with Gasteiger partial charge >= 0.3 is 0 Å². The number of aromatic amines is 1. The number of carbonyl (C=O) groups excluding carboxylic acids is 1. The van der Waals surface area contributed by atoms with Gasteiger partial charge in [0.05, 0.1) is 35.9 Å². The molecule has 0 radical (unpaired) electrons. The van der Waals surface area contributed by atoms with Gasteiger partial charge in [-0.2, -0.15) is 10.2 Å². The Bertz CT molecular complexity index is 1160. The van der Waals surface area contributed by atoms with Crippen molar-refractivity contribution in [1.29, 1.82) is 0 Å². The Hall–Kier alpha value is -3.87. The van der Waals surface area contributed by atoms with Crippen LogP contribution in [0, 0.1) is 13.8 Å². The zero-order chi connectivity index (χ0) is 21.1. The van der Waals surface area contributed by atoms with Crippen molar-refractivity contribution in [1.82, 2.24) is 25.3 Å². The quantitative estimate of drug-likeness (QED) is 0.514. The number of hydrogen-bond acceptors (Lipinski definition) is 4. The number of methoxy groups -OCH3 is 1. The van der Waals surface area contributed by atoms with E-state index in [1.54, 1.807) is 13.3 Å². The van der Waals surface area contributed by atoms with Crippen molar-refractivity contribution >= 4 is 5.91 Å². The maximum Gasteiger partial charge on any atom is 0.255 e. The number of nitrogens with one attached hydrogen (secondary N) is 2. The Balaban J connectivity index is 1.53. The number of ether oxygens (including phenoxy) is 1. The second-order valence-electron chi connectivity index (χ2n) is 6.97. The SMILES string of the molecule is COc1ccc(-c2[nH]ncc2C(=O)NCc2c(C)nn(-c3ccccc3)c2C)cc1. The van der Waals surface area contributed by atoms with Crippen LogP contribution in [-0.4, -0.2) is 33.0 Å². The van der Waals surface area contributed by atoms with Gasteiger partial charge in [0.2, 0.25) is 0 Å². The molecule has 2 N–H and O–H groups in total. The Labute approximate surface area is 174 Å². The van der Waals surface area contributed by atoms with E-state index in [4.69, 9.17) is 4.74 Å². The molecule has 4 aromatic rings. The Morgan fingerprint density at radius 1 is 1.10 bits per heavy atom. The normalized spacial score (nSPS) is 10.8. The highest BCUT2D eigenvalue weighted by atomic mass is 16.5. The van der Waals surface area contributed by atoms with Gasteiger partial charge in [0.25, 0.3) is 5.91 Å². The lowest BCUT2D eigenvalue weighted by Gasteiger charge is -2.08. The van der Waals surface area contributed by atoms with Crippen LogP contribution in [0.4, 0.5) is 0 Å². The summed E-state index contributed by atoms with van der Waals surface area (Å²) in [6, 6.07) is 17.4. The molecule has 2 aromatic heterocycles. The molecule has 7 nitrogen and oxygen atoms in total. The van der Waals surface area contributed by atoms with Crippen LogP contribution in [0.5, 0.6) is 5.75 Å². The average Bonchev–Trinajstić information content (AvgIpc) is 3.38. The molecule has 4 rings (SSSR count). The Kier molecular flexibility index (Phi) is 5.34. The van der Waals surface area contributed by atoms with E-state index in [-0.39, 0.29) is 5.91 Å². The highest BCUT2D eigenvalue weighted by molar-refractivity contribution is 5.99. The first-order valence-corrected chi connectivity index (χ1v) is 9.65. The highest BCUT2D eigenvalue weighted by Crippen LogP contribution is 2.24. The summed E-state index contributed by atoms with van der Waals surface area (Å²) in [5, 5.41) is 14.6. The standard InChI is InChI=1S/C23H23N5O2/c1-15-20(16(2)28(27-15)18-7-5-4-6-8-18)13-24-23(29)21-14-25-26-22(21)17-9-11-19(30-3)12-10-17/h4-12,14H,13H2,1-3H3,(H,24,29)(H,25,26). The number of para-hydroxylation sites is 1. The monoisotopic (exact) mass is 401 g/mol. The molecule has 0 bridgehead atoms. The van der Waals surface area contributed by atoms with Gasteiger partial charge in [-0.05, 0) is 50.2 Å². The summed E-state index contributed by atoms with van der Waals surface area (Å²) in [7, 11) is 1.62. The molecule has 2 heterocycles. The summed E-state index contributed by atoms with van der Waals surface area (Å²) < 4.78 is 7.10. The Morgan fingerprint density at radius 3 is 2.53 bits per heavy atom. The maximum absolute atomic E-state index is 12.9. The first-order valence-electron chi connectivity index (χ1n) is 9.65. The van der Waals surface area contributed by atoms with E-state index < -0.39 is 0 Å². The molecule has 0 atom stereocenters. The van der Waals surface area contributed by atoms with E-state index in [0.717, 1.165) is 34.0 Å². The molecule has 2 aromatic carbocycles. The third-order valence-corrected chi connectivity index (χ3v) is 5.13. The minimum atomic E-state index is -0.194. The first-order chi connectivity index (χ1) is 14.6. The van der Waals surface area contributed by atoms with Crippen molar-refractivity contribution in [3.05, 3.63) is 83.3 Å². The molecule has 0 saturated heterocycles. The lowest BCUT2D eigenvalue weighted by atomic mass is 10.1. The van der Waals surface area contributed by atoms with Crippen molar-refractivity contribution < 1.29 is 9.53 Å². The van der Waals surface area contributed by atoms with Crippen LogP contribution >= 0.6 is 0 Å². The fraction of sp³-hybridized carbons (Fsp3) is 0.174. The van der Waals surface area contributed by atoms with Crippen molar-refractivity contribution in [2.75, 3.05) is 7.11 Å². The van der Waals surface area contributed by atoms with Crippen LogP contribution in [0.3, 0.4) is 0 Å². The molecule has 1 amide bonds. The van der Waals surface area contributed by atoms with E-state index in [1.807, 2.05) is 73.1 Å². The summed E-state index contributed by atoms with van der Waals surface area (Å²) in [6.07, 6.45) is 1.54. The predicted molar refractivity (Wildman–Crippen MR) is 115 cm³/mol. The Morgan fingerprint density at radius 2 is 1.83 bits per heavy atom. The van der Waals surface area contributed by atoms with Gasteiger partial charge in [-0.3, -0.25) is 9.89 Å². The molecule has 0 aliphatic rings. The van der Waals surface area contributed by atoms with Crippen LogP contribution in [0.2, 0.25) is 0 Å². The second-order valence-corrected chi connectivity index (χ2v) is 6.97. The van der Waals surface area contributed by atoms with Crippen LogP contribution in [0.25, 0.3) is 16.9 Å². The van der Waals surface area contributed by atoms with Gasteiger partial charge in [-0.25, -0.2) is 4.68 Å². The van der Waals surface area contributed by atoms with Crippen LogP contribution in [0.1, 0.15) is 27.3 Å². The fourth-order valence-corrected chi connectivity index (χ4v) is 3.45. The molecule has 0 aliphatic carbocycles. The fourth-order valence-electron chi connectivity index (χ4n) is 3.45. The molecule has 0 aliphatic heterocycles. The van der Waals surface area contributed by atoms with E-state index in [2.05, 4.69) is 20.6 Å². The molecule has 0 fully saturated rings. The van der Waals surface area contributed by atoms with E-state index in [9.17, 15) is 4.79 Å². The van der Waals surface area contributed by atoms with Gasteiger partial charge in [-0.1, -0.05) is 18.2 Å². The minimum Gasteiger partial charge on any atom is -0.497 e. The van der Waals surface area contributed by atoms with Crippen LogP contribution in [-0.2, 0) is 6.54 Å². The third kappa shape index (κ3) is 3.69. The number of rotatable bonds is 6. The van der Waals surface area contributed by atoms with E-state index >= 15 is 0 Å². The topological polar surface area (TPSA) is 84.8 Å². The van der Waals surface area contributed by atoms with E-state index in [1.165, 1.54) is 0 Å². The number of benzene rings is 2. The third-order valence-electron chi connectivity index (χ3n) is 5.13. The number of aromatic nitrogens is 4. The van der Waals surface area contributed by atoms with Gasteiger partial charge in [0, 0.05) is 23.4 Å². The molecule has 152 valence electrons. The number of nitrogens with zero attached hydrogens (tertiary/aromatic N) is 3. The van der Waals surface area contributed by atoms with Gasteiger partial charge < -0.3 is 10.1 Å². The second kappa shape index (κ2) is 8.24. The summed E-state index contributed by atoms with van der Waals surface area (Å²) >= 11 is 0. The van der Waals surface area contributed by atoms with Crippen molar-refractivity contribution in [3.63, 3.8) is 0 Å². The summed E-state index contributed by atoms with van der Waals surface area (Å²) in [4.78, 5) is 12.9. The zero-order valence-electron chi connectivity index (χ0n) is 17.1. The van der Waals surface area contributed by atoms with Gasteiger partial charge in [-0.15, -0.1) is 0 Å². The highest BCUT2D eigenvalue weighted by Gasteiger charge is 2.18. The first kappa shape index (κ1) is 19.4. The number of amides is 1. The van der Waals surface area contributed by atoms with Crippen LogP contribution in [0.15, 0.2) is 60.8 Å².